The topological polar surface area (TPSA) is 91.0 Å². The molecule has 0 aliphatic heterocycles. The highest BCUT2D eigenvalue weighted by Crippen LogP contribution is 2.28. The predicted octanol–water partition coefficient (Wildman–Crippen LogP) is 4.58. The number of hydrazone groups is 1. The maximum Gasteiger partial charge on any atom is 0.340 e. The third-order valence-corrected chi connectivity index (χ3v) is 6.27. The SMILES string of the molecule is CCc1cc(OCCc2ccc(C=NN)cc2)cc(OS(=O)(=O)c2ccccc2Cl)c1. The first kappa shape index (κ1) is 22.7. The Labute approximate surface area is 187 Å². The van der Waals surface area contributed by atoms with Crippen molar-refractivity contribution in [3.8, 4) is 11.5 Å². The molecule has 0 fully saturated rings. The molecule has 3 aromatic carbocycles. The molecule has 0 heterocycles. The zero-order valence-electron chi connectivity index (χ0n) is 17.0. The van der Waals surface area contributed by atoms with Gasteiger partial charge in [0, 0.05) is 12.5 Å². The van der Waals surface area contributed by atoms with Crippen LogP contribution in [-0.4, -0.2) is 21.2 Å². The maximum absolute atomic E-state index is 12.6. The van der Waals surface area contributed by atoms with Crippen molar-refractivity contribution in [2.24, 2.45) is 10.9 Å². The van der Waals surface area contributed by atoms with Crippen LogP contribution < -0.4 is 14.8 Å². The number of ether oxygens (including phenoxy) is 1. The van der Waals surface area contributed by atoms with E-state index in [1.54, 1.807) is 30.5 Å². The molecule has 0 aromatic heterocycles. The van der Waals surface area contributed by atoms with Crippen molar-refractivity contribution < 1.29 is 17.3 Å². The molecular weight excluding hydrogens is 436 g/mol. The number of benzene rings is 3. The number of nitrogens with two attached hydrogens (primary N) is 1. The Morgan fingerprint density at radius 3 is 2.39 bits per heavy atom. The standard InChI is InChI=1S/C23H23ClN2O4S/c1-2-17-13-20(29-12-11-18-7-9-19(10-8-18)16-26-25)15-21(14-17)30-31(27,28)23-6-4-3-5-22(23)24/h3-10,13-16H,2,11-12,25H2,1H3. The Balaban J connectivity index is 1.71. The van der Waals surface area contributed by atoms with Crippen LogP contribution in [0.4, 0.5) is 0 Å². The van der Waals surface area contributed by atoms with E-state index in [0.717, 1.165) is 16.7 Å². The van der Waals surface area contributed by atoms with Crippen LogP contribution in [0.25, 0.3) is 0 Å². The fourth-order valence-corrected chi connectivity index (χ4v) is 4.34. The average Bonchev–Trinajstić information content (AvgIpc) is 2.75. The summed E-state index contributed by atoms with van der Waals surface area (Å²) in [5, 5.41) is 3.61. The molecule has 0 aliphatic rings. The lowest BCUT2D eigenvalue weighted by Crippen LogP contribution is -2.11. The first-order valence-electron chi connectivity index (χ1n) is 9.69. The minimum atomic E-state index is -4.07. The Morgan fingerprint density at radius 1 is 1.00 bits per heavy atom. The van der Waals surface area contributed by atoms with Gasteiger partial charge in [0.25, 0.3) is 0 Å². The van der Waals surface area contributed by atoms with Gasteiger partial charge in [0.05, 0.1) is 17.8 Å². The highest BCUT2D eigenvalue weighted by molar-refractivity contribution is 7.87. The van der Waals surface area contributed by atoms with Crippen LogP contribution in [0.5, 0.6) is 11.5 Å². The van der Waals surface area contributed by atoms with Crippen molar-refractivity contribution in [1.82, 2.24) is 0 Å². The zero-order valence-corrected chi connectivity index (χ0v) is 18.6. The van der Waals surface area contributed by atoms with E-state index in [9.17, 15) is 8.42 Å². The van der Waals surface area contributed by atoms with E-state index in [2.05, 4.69) is 5.10 Å². The van der Waals surface area contributed by atoms with Crippen LogP contribution in [0.3, 0.4) is 0 Å². The third kappa shape index (κ3) is 6.23. The second-order valence-electron chi connectivity index (χ2n) is 6.75. The van der Waals surface area contributed by atoms with E-state index >= 15 is 0 Å². The lowest BCUT2D eigenvalue weighted by Gasteiger charge is -2.12. The molecule has 31 heavy (non-hydrogen) atoms. The minimum Gasteiger partial charge on any atom is -0.493 e. The first-order chi connectivity index (χ1) is 14.9. The van der Waals surface area contributed by atoms with E-state index in [0.29, 0.717) is 25.2 Å². The van der Waals surface area contributed by atoms with Crippen molar-refractivity contribution >= 4 is 27.9 Å². The molecule has 2 N–H and O–H groups in total. The quantitative estimate of drug-likeness (QED) is 0.219. The fraction of sp³-hybridized carbons (Fsp3) is 0.174. The van der Waals surface area contributed by atoms with E-state index in [1.165, 1.54) is 12.1 Å². The fourth-order valence-electron chi connectivity index (χ4n) is 2.93. The third-order valence-electron chi connectivity index (χ3n) is 4.52. The number of aryl methyl sites for hydroxylation is 1. The smallest absolute Gasteiger partial charge is 0.340 e. The van der Waals surface area contributed by atoms with Gasteiger partial charge in [-0.2, -0.15) is 13.5 Å². The van der Waals surface area contributed by atoms with Gasteiger partial charge in [-0.3, -0.25) is 0 Å². The Bertz CT molecular complexity index is 1160. The summed E-state index contributed by atoms with van der Waals surface area (Å²) >= 11 is 6.02. The van der Waals surface area contributed by atoms with Gasteiger partial charge in [-0.15, -0.1) is 0 Å². The van der Waals surface area contributed by atoms with Gasteiger partial charge < -0.3 is 14.8 Å². The van der Waals surface area contributed by atoms with Gasteiger partial charge >= 0.3 is 10.1 Å². The summed E-state index contributed by atoms with van der Waals surface area (Å²) in [6.07, 6.45) is 2.96. The van der Waals surface area contributed by atoms with Gasteiger partial charge in [-0.1, -0.05) is 54.9 Å². The van der Waals surface area contributed by atoms with Gasteiger partial charge in [0.2, 0.25) is 0 Å². The van der Waals surface area contributed by atoms with Crippen LogP contribution in [0, 0.1) is 0 Å². The summed E-state index contributed by atoms with van der Waals surface area (Å²) in [5.41, 5.74) is 2.91. The van der Waals surface area contributed by atoms with Gasteiger partial charge in [-0.05, 0) is 47.4 Å². The number of halogens is 1. The van der Waals surface area contributed by atoms with Crippen molar-refractivity contribution in [2.45, 2.75) is 24.7 Å². The monoisotopic (exact) mass is 458 g/mol. The first-order valence-corrected chi connectivity index (χ1v) is 11.5. The molecule has 0 bridgehead atoms. The molecule has 0 spiro atoms. The molecule has 0 saturated heterocycles. The van der Waals surface area contributed by atoms with Crippen molar-refractivity contribution in [3.05, 3.63) is 88.4 Å². The van der Waals surface area contributed by atoms with Gasteiger partial charge in [-0.25, -0.2) is 0 Å². The highest BCUT2D eigenvalue weighted by Gasteiger charge is 2.20. The van der Waals surface area contributed by atoms with E-state index in [1.807, 2.05) is 37.3 Å². The molecule has 0 unspecified atom stereocenters. The molecular formula is C23H23ClN2O4S. The summed E-state index contributed by atoms with van der Waals surface area (Å²) in [5.74, 6) is 5.87. The molecule has 0 atom stereocenters. The summed E-state index contributed by atoms with van der Waals surface area (Å²) in [6, 6.07) is 19.1. The van der Waals surface area contributed by atoms with Crippen molar-refractivity contribution in [3.63, 3.8) is 0 Å². The lowest BCUT2D eigenvalue weighted by molar-refractivity contribution is 0.320. The molecule has 6 nitrogen and oxygen atoms in total. The van der Waals surface area contributed by atoms with E-state index < -0.39 is 10.1 Å². The number of nitrogens with zero attached hydrogens (tertiary/aromatic N) is 1. The zero-order chi connectivity index (χ0) is 22.3. The molecule has 3 aromatic rings. The largest absolute Gasteiger partial charge is 0.493 e. The lowest BCUT2D eigenvalue weighted by atomic mass is 10.1. The molecule has 162 valence electrons. The molecule has 8 heteroatoms. The van der Waals surface area contributed by atoms with Crippen molar-refractivity contribution in [2.75, 3.05) is 6.61 Å². The summed E-state index contributed by atoms with van der Waals surface area (Å²) in [7, 11) is -4.07. The normalized spacial score (nSPS) is 11.5. The van der Waals surface area contributed by atoms with Crippen LogP contribution in [0.1, 0.15) is 23.6 Å². The Morgan fingerprint density at radius 2 is 1.71 bits per heavy atom. The van der Waals surface area contributed by atoms with Crippen LogP contribution in [0.15, 0.2) is 76.7 Å². The summed E-state index contributed by atoms with van der Waals surface area (Å²) in [4.78, 5) is -0.0795. The maximum atomic E-state index is 12.6. The molecule has 0 saturated carbocycles. The Hall–Kier alpha value is -3.03. The van der Waals surface area contributed by atoms with E-state index in [-0.39, 0.29) is 15.7 Å². The van der Waals surface area contributed by atoms with Crippen LogP contribution in [-0.2, 0) is 23.0 Å². The molecule has 3 rings (SSSR count). The van der Waals surface area contributed by atoms with Crippen LogP contribution in [0.2, 0.25) is 5.02 Å². The molecule has 0 radical (unpaired) electrons. The minimum absolute atomic E-state index is 0.0795. The van der Waals surface area contributed by atoms with Crippen molar-refractivity contribution in [1.29, 1.82) is 0 Å². The molecule has 0 aliphatic carbocycles. The predicted molar refractivity (Wildman–Crippen MR) is 123 cm³/mol. The summed E-state index contributed by atoms with van der Waals surface area (Å²) < 4.78 is 36.5. The second kappa shape index (κ2) is 10.3. The number of rotatable bonds is 9. The summed E-state index contributed by atoms with van der Waals surface area (Å²) in [6.45, 7) is 2.39. The van der Waals surface area contributed by atoms with Crippen LogP contribution >= 0.6 is 11.6 Å². The number of hydrogen-bond donors (Lipinski definition) is 1. The molecule has 0 amide bonds. The van der Waals surface area contributed by atoms with Gasteiger partial charge in [0.15, 0.2) is 0 Å². The highest BCUT2D eigenvalue weighted by atomic mass is 35.5. The van der Waals surface area contributed by atoms with Gasteiger partial charge in [0.1, 0.15) is 16.4 Å². The second-order valence-corrected chi connectivity index (χ2v) is 8.67. The average molecular weight is 459 g/mol. The van der Waals surface area contributed by atoms with E-state index in [4.69, 9.17) is 26.4 Å². The Kier molecular flexibility index (Phi) is 7.55. The number of hydrogen-bond acceptors (Lipinski definition) is 6.